The second kappa shape index (κ2) is 9.64. The third-order valence-corrected chi connectivity index (χ3v) is 3.37. The van der Waals surface area contributed by atoms with Crippen LogP contribution in [-0.4, -0.2) is 51.0 Å². The van der Waals surface area contributed by atoms with Crippen molar-refractivity contribution in [2.45, 2.75) is 25.9 Å². The molecule has 5 N–H and O–H groups in total. The molecule has 1 atom stereocenters. The Morgan fingerprint density at radius 3 is 2.25 bits per heavy atom. The van der Waals surface area contributed by atoms with Gasteiger partial charge in [-0.15, -0.1) is 0 Å². The minimum atomic E-state index is -0.125. The number of nitrogens with zero attached hydrogens (tertiary/aromatic N) is 3. The van der Waals surface area contributed by atoms with E-state index >= 15 is 0 Å². The Bertz CT molecular complexity index is 607. The van der Waals surface area contributed by atoms with Gasteiger partial charge in [0.15, 0.2) is 0 Å². The summed E-state index contributed by atoms with van der Waals surface area (Å²) in [5.74, 6) is 1.16. The molecule has 2 aromatic rings. The highest BCUT2D eigenvalue weighted by Gasteiger charge is 2.10. The fourth-order valence-electron chi connectivity index (χ4n) is 2.00. The van der Waals surface area contributed by atoms with E-state index < -0.39 is 0 Å². The van der Waals surface area contributed by atoms with Gasteiger partial charge in [0.2, 0.25) is 17.8 Å². The maximum atomic E-state index is 9.32. The number of aliphatic hydroxyl groups excluding tert-OH is 2. The Morgan fingerprint density at radius 2 is 1.62 bits per heavy atom. The second-order valence-corrected chi connectivity index (χ2v) is 5.23. The Balaban J connectivity index is 2.12. The standard InChI is InChI=1S/C16H24N6O2/c1-2-13(11-24)19-16-21-14(17-8-9-23)20-15(22-16)18-10-12-6-4-3-5-7-12/h3-7,13,23-24H,2,8-11H2,1H3,(H3,17,18,19,20,21,22)/t13-/m1/s1. The predicted octanol–water partition coefficient (Wildman–Crippen LogP) is 1.07. The molecule has 0 spiro atoms. The fourth-order valence-corrected chi connectivity index (χ4v) is 2.00. The monoisotopic (exact) mass is 332 g/mol. The Kier molecular flexibility index (Phi) is 7.19. The van der Waals surface area contributed by atoms with Crippen molar-refractivity contribution >= 4 is 17.8 Å². The van der Waals surface area contributed by atoms with Crippen LogP contribution in [-0.2, 0) is 6.54 Å². The number of benzene rings is 1. The SMILES string of the molecule is CC[C@H](CO)Nc1nc(NCCO)nc(NCc2ccccc2)n1. The van der Waals surface area contributed by atoms with Crippen molar-refractivity contribution in [1.82, 2.24) is 15.0 Å². The number of aliphatic hydroxyl groups is 2. The number of hydrogen-bond donors (Lipinski definition) is 5. The van der Waals surface area contributed by atoms with Crippen LogP contribution in [0.3, 0.4) is 0 Å². The number of anilines is 3. The molecule has 1 heterocycles. The first-order valence-electron chi connectivity index (χ1n) is 8.01. The van der Waals surface area contributed by atoms with Gasteiger partial charge in [-0.25, -0.2) is 0 Å². The van der Waals surface area contributed by atoms with E-state index in [0.717, 1.165) is 12.0 Å². The minimum Gasteiger partial charge on any atom is -0.395 e. The molecule has 1 aromatic carbocycles. The van der Waals surface area contributed by atoms with Crippen LogP contribution >= 0.6 is 0 Å². The molecule has 0 aliphatic carbocycles. The summed E-state index contributed by atoms with van der Waals surface area (Å²) in [5.41, 5.74) is 1.11. The van der Waals surface area contributed by atoms with Gasteiger partial charge in [0.05, 0.1) is 19.3 Å². The van der Waals surface area contributed by atoms with Crippen molar-refractivity contribution < 1.29 is 10.2 Å². The summed E-state index contributed by atoms with van der Waals surface area (Å²) in [6.07, 6.45) is 0.744. The molecule has 0 aliphatic heterocycles. The van der Waals surface area contributed by atoms with Crippen LogP contribution in [0.25, 0.3) is 0 Å². The van der Waals surface area contributed by atoms with E-state index in [4.69, 9.17) is 5.11 Å². The summed E-state index contributed by atoms with van der Waals surface area (Å²) >= 11 is 0. The zero-order chi connectivity index (χ0) is 17.2. The van der Waals surface area contributed by atoms with Crippen molar-refractivity contribution in [3.05, 3.63) is 35.9 Å². The molecule has 0 aliphatic rings. The predicted molar refractivity (Wildman–Crippen MR) is 94.0 cm³/mol. The molecule has 8 heteroatoms. The molecule has 0 amide bonds. The number of aromatic nitrogens is 3. The van der Waals surface area contributed by atoms with Crippen LogP contribution in [0.2, 0.25) is 0 Å². The first-order chi connectivity index (χ1) is 11.7. The lowest BCUT2D eigenvalue weighted by Gasteiger charge is -2.15. The summed E-state index contributed by atoms with van der Waals surface area (Å²) < 4.78 is 0. The van der Waals surface area contributed by atoms with Crippen molar-refractivity contribution in [1.29, 1.82) is 0 Å². The summed E-state index contributed by atoms with van der Waals surface area (Å²) in [5, 5.41) is 27.4. The first-order valence-corrected chi connectivity index (χ1v) is 8.01. The van der Waals surface area contributed by atoms with Gasteiger partial charge in [-0.3, -0.25) is 0 Å². The summed E-state index contributed by atoms with van der Waals surface area (Å²) in [7, 11) is 0. The molecule has 130 valence electrons. The lowest BCUT2D eigenvalue weighted by atomic mass is 10.2. The van der Waals surface area contributed by atoms with E-state index in [1.54, 1.807) is 0 Å². The van der Waals surface area contributed by atoms with E-state index in [-0.39, 0.29) is 19.3 Å². The third kappa shape index (κ3) is 5.64. The highest BCUT2D eigenvalue weighted by atomic mass is 16.3. The largest absolute Gasteiger partial charge is 0.395 e. The van der Waals surface area contributed by atoms with Crippen molar-refractivity contribution in [2.24, 2.45) is 0 Å². The van der Waals surface area contributed by atoms with Crippen molar-refractivity contribution in [3.8, 4) is 0 Å². The van der Waals surface area contributed by atoms with Gasteiger partial charge in [-0.1, -0.05) is 37.3 Å². The maximum absolute atomic E-state index is 9.32. The topological polar surface area (TPSA) is 115 Å². The van der Waals surface area contributed by atoms with Crippen molar-refractivity contribution in [2.75, 3.05) is 35.7 Å². The molecular formula is C16H24N6O2. The molecule has 8 nitrogen and oxygen atoms in total. The highest BCUT2D eigenvalue weighted by molar-refractivity contribution is 5.43. The van der Waals surface area contributed by atoms with E-state index in [1.807, 2.05) is 37.3 Å². The Hall–Kier alpha value is -2.45. The molecule has 0 unspecified atom stereocenters. The van der Waals surface area contributed by atoms with Gasteiger partial charge in [0.1, 0.15) is 0 Å². The Morgan fingerprint density at radius 1 is 0.958 bits per heavy atom. The third-order valence-electron chi connectivity index (χ3n) is 3.37. The molecule has 0 saturated heterocycles. The molecule has 0 bridgehead atoms. The van der Waals surface area contributed by atoms with Gasteiger partial charge < -0.3 is 26.2 Å². The number of nitrogens with one attached hydrogen (secondary N) is 3. The van der Waals surface area contributed by atoms with E-state index in [0.29, 0.717) is 30.9 Å². The summed E-state index contributed by atoms with van der Waals surface area (Å²) in [6, 6.07) is 9.80. The molecule has 24 heavy (non-hydrogen) atoms. The normalized spacial score (nSPS) is 11.8. The van der Waals surface area contributed by atoms with E-state index in [2.05, 4.69) is 30.9 Å². The molecule has 0 saturated carbocycles. The summed E-state index contributed by atoms with van der Waals surface area (Å²) in [4.78, 5) is 12.9. The van der Waals surface area contributed by atoms with Crippen LogP contribution in [0.15, 0.2) is 30.3 Å². The van der Waals surface area contributed by atoms with Crippen LogP contribution < -0.4 is 16.0 Å². The average Bonchev–Trinajstić information content (AvgIpc) is 2.63. The van der Waals surface area contributed by atoms with Crippen LogP contribution in [0.1, 0.15) is 18.9 Å². The first kappa shape index (κ1) is 17.9. The van der Waals surface area contributed by atoms with Gasteiger partial charge in [-0.2, -0.15) is 15.0 Å². The zero-order valence-electron chi connectivity index (χ0n) is 13.7. The number of hydrogen-bond acceptors (Lipinski definition) is 8. The van der Waals surface area contributed by atoms with Gasteiger partial charge in [-0.05, 0) is 12.0 Å². The molecular weight excluding hydrogens is 308 g/mol. The second-order valence-electron chi connectivity index (χ2n) is 5.23. The van der Waals surface area contributed by atoms with Crippen LogP contribution in [0, 0.1) is 0 Å². The highest BCUT2D eigenvalue weighted by Crippen LogP contribution is 2.12. The summed E-state index contributed by atoms with van der Waals surface area (Å²) in [6.45, 7) is 2.87. The zero-order valence-corrected chi connectivity index (χ0v) is 13.7. The molecule has 0 fully saturated rings. The molecule has 1 aromatic heterocycles. The maximum Gasteiger partial charge on any atom is 0.229 e. The fraction of sp³-hybridized carbons (Fsp3) is 0.438. The van der Waals surface area contributed by atoms with E-state index in [1.165, 1.54) is 0 Å². The van der Waals surface area contributed by atoms with Crippen LogP contribution in [0.4, 0.5) is 17.8 Å². The number of rotatable bonds is 10. The van der Waals surface area contributed by atoms with Crippen LogP contribution in [0.5, 0.6) is 0 Å². The van der Waals surface area contributed by atoms with Gasteiger partial charge in [0, 0.05) is 13.1 Å². The minimum absolute atomic E-state index is 0.00559. The molecule has 2 rings (SSSR count). The van der Waals surface area contributed by atoms with Gasteiger partial charge >= 0.3 is 0 Å². The smallest absolute Gasteiger partial charge is 0.229 e. The Labute approximate surface area is 141 Å². The molecule has 0 radical (unpaired) electrons. The average molecular weight is 332 g/mol. The van der Waals surface area contributed by atoms with Gasteiger partial charge in [0.25, 0.3) is 0 Å². The quantitative estimate of drug-likeness (QED) is 0.439. The lowest BCUT2D eigenvalue weighted by molar-refractivity contribution is 0.271. The van der Waals surface area contributed by atoms with E-state index in [9.17, 15) is 5.11 Å². The van der Waals surface area contributed by atoms with Crippen molar-refractivity contribution in [3.63, 3.8) is 0 Å². The lowest BCUT2D eigenvalue weighted by Crippen LogP contribution is -2.25.